The van der Waals surface area contributed by atoms with E-state index < -0.39 is 38.3 Å². The van der Waals surface area contributed by atoms with Crippen LogP contribution in [0.1, 0.15) is 134 Å². The van der Waals surface area contributed by atoms with E-state index in [0.717, 1.165) is 19.3 Å². The summed E-state index contributed by atoms with van der Waals surface area (Å²) in [5.74, 6) is 0.448. The third kappa shape index (κ3) is 16.2. The fourth-order valence-electron chi connectivity index (χ4n) is 5.65. The highest BCUT2D eigenvalue weighted by molar-refractivity contribution is 7.47. The maximum Gasteiger partial charge on any atom is 0.472 e. The molecule has 0 radical (unpaired) electrons. The highest BCUT2D eigenvalue weighted by Crippen LogP contribution is 2.45. The smallest absolute Gasteiger partial charge is 0.472 e. The number of benzene rings is 1. The van der Waals surface area contributed by atoms with Crippen LogP contribution in [0.15, 0.2) is 24.3 Å². The second kappa shape index (κ2) is 23.3. The number of phosphoric acid groups is 1. The molecular formula is C35H57N2O8P. The molecular weight excluding hydrogens is 607 g/mol. The van der Waals surface area contributed by atoms with Gasteiger partial charge in [-0.3, -0.25) is 9.05 Å². The van der Waals surface area contributed by atoms with Gasteiger partial charge >= 0.3 is 7.82 Å². The molecule has 0 aliphatic carbocycles. The fourth-order valence-corrected chi connectivity index (χ4v) is 6.44. The predicted molar refractivity (Wildman–Crippen MR) is 177 cm³/mol. The number of phosphoric ester groups is 1. The number of nitriles is 2. The lowest BCUT2D eigenvalue weighted by atomic mass is 9.99. The van der Waals surface area contributed by atoms with Crippen LogP contribution in [0.3, 0.4) is 0 Å². The molecule has 1 aromatic rings. The summed E-state index contributed by atoms with van der Waals surface area (Å²) >= 11 is 0. The molecule has 0 saturated carbocycles. The third-order valence-electron chi connectivity index (χ3n) is 8.55. The van der Waals surface area contributed by atoms with Crippen molar-refractivity contribution in [2.75, 3.05) is 19.8 Å². The van der Waals surface area contributed by atoms with Gasteiger partial charge in [-0.05, 0) is 31.0 Å². The first-order valence-electron chi connectivity index (χ1n) is 17.5. The Morgan fingerprint density at radius 3 is 1.91 bits per heavy atom. The average molecular weight is 665 g/mol. The van der Waals surface area contributed by atoms with E-state index in [4.69, 9.17) is 18.5 Å². The van der Waals surface area contributed by atoms with Crippen molar-refractivity contribution in [2.24, 2.45) is 0 Å². The van der Waals surface area contributed by atoms with Crippen LogP contribution in [0.5, 0.6) is 5.75 Å². The van der Waals surface area contributed by atoms with Crippen LogP contribution in [0, 0.1) is 22.7 Å². The predicted octanol–water partition coefficient (Wildman–Crippen LogP) is 7.89. The zero-order valence-electron chi connectivity index (χ0n) is 27.8. The number of hydrogen-bond donors (Lipinski definition) is 3. The van der Waals surface area contributed by atoms with Gasteiger partial charge in [-0.15, -0.1) is 0 Å². The van der Waals surface area contributed by atoms with Crippen molar-refractivity contribution in [1.29, 1.82) is 10.5 Å². The zero-order valence-corrected chi connectivity index (χ0v) is 28.7. The second-order valence-electron chi connectivity index (χ2n) is 12.5. The van der Waals surface area contributed by atoms with E-state index in [1.165, 1.54) is 96.3 Å². The van der Waals surface area contributed by atoms with Crippen molar-refractivity contribution in [2.45, 2.75) is 153 Å². The van der Waals surface area contributed by atoms with Crippen LogP contribution >= 0.6 is 7.82 Å². The SMILES string of the molecule is CCCCCCCCCCCCCCCCCCCC[C@H](COP(=O)(O)OCC1(C#N)OCC(O)C1O)Oc1cccc(C#N)c1. The van der Waals surface area contributed by atoms with Crippen molar-refractivity contribution in [3.8, 4) is 17.9 Å². The fraction of sp³-hybridized carbons (Fsp3) is 0.771. The van der Waals surface area contributed by atoms with Crippen molar-refractivity contribution in [1.82, 2.24) is 0 Å². The van der Waals surface area contributed by atoms with Gasteiger partial charge in [-0.2, -0.15) is 10.5 Å². The van der Waals surface area contributed by atoms with Crippen LogP contribution in [0.4, 0.5) is 0 Å². The highest BCUT2D eigenvalue weighted by atomic mass is 31.2. The van der Waals surface area contributed by atoms with Crippen molar-refractivity contribution in [3.63, 3.8) is 0 Å². The number of ether oxygens (including phenoxy) is 2. The Morgan fingerprint density at radius 1 is 0.891 bits per heavy atom. The third-order valence-corrected chi connectivity index (χ3v) is 9.49. The Labute approximate surface area is 276 Å². The maximum absolute atomic E-state index is 12.6. The van der Waals surface area contributed by atoms with Gasteiger partial charge < -0.3 is 24.6 Å². The summed E-state index contributed by atoms with van der Waals surface area (Å²) in [6.07, 6.45) is 20.1. The van der Waals surface area contributed by atoms with Crippen LogP contribution in [0.25, 0.3) is 0 Å². The number of hydrogen-bond acceptors (Lipinski definition) is 9. The molecule has 1 saturated heterocycles. The number of rotatable bonds is 27. The summed E-state index contributed by atoms with van der Waals surface area (Å²) in [6, 6.07) is 10.4. The van der Waals surface area contributed by atoms with E-state index in [0.29, 0.717) is 17.7 Å². The monoisotopic (exact) mass is 664 g/mol. The minimum Gasteiger partial charge on any atom is -0.488 e. The zero-order chi connectivity index (χ0) is 33.5. The largest absolute Gasteiger partial charge is 0.488 e. The molecule has 0 bridgehead atoms. The summed E-state index contributed by atoms with van der Waals surface area (Å²) in [7, 11) is -4.66. The summed E-state index contributed by atoms with van der Waals surface area (Å²) in [6.45, 7) is 0.934. The van der Waals surface area contributed by atoms with Crippen LogP contribution < -0.4 is 4.74 Å². The molecule has 1 heterocycles. The number of aliphatic hydroxyl groups is 2. The van der Waals surface area contributed by atoms with Gasteiger partial charge in [-0.1, -0.05) is 122 Å². The van der Waals surface area contributed by atoms with E-state index in [9.17, 15) is 30.2 Å². The molecule has 1 aliphatic heterocycles. The summed E-state index contributed by atoms with van der Waals surface area (Å²) in [5.41, 5.74) is -1.54. The Kier molecular flexibility index (Phi) is 20.4. The first kappa shape index (κ1) is 40.2. The molecule has 3 N–H and O–H groups in total. The second-order valence-corrected chi connectivity index (χ2v) is 14.0. The standard InChI is InChI=1S/C35H57N2O8P/c1-2-3-4-5-6-7-8-9-10-11-12-13-14-15-16-17-18-19-22-32(45-31-23-20-21-30(24-31)25-36)26-43-46(40,41)44-29-35(28-37)34(39)33(38)27-42-35/h20-21,23-24,32-34,38-39H,2-19,22,26-27,29H2,1H3,(H,40,41)/t32-,33?,34?,35?/m1/s1. The first-order chi connectivity index (χ1) is 22.2. The first-order valence-corrected chi connectivity index (χ1v) is 18.9. The lowest BCUT2D eigenvalue weighted by Crippen LogP contribution is -2.45. The molecule has 1 aliphatic rings. The van der Waals surface area contributed by atoms with Gasteiger partial charge in [0.25, 0.3) is 0 Å². The quantitative estimate of drug-likeness (QED) is 0.0623. The Balaban J connectivity index is 1.65. The minimum absolute atomic E-state index is 0.269. The molecule has 0 amide bonds. The number of nitrogens with zero attached hydrogens (tertiary/aromatic N) is 2. The molecule has 1 aromatic carbocycles. The van der Waals surface area contributed by atoms with Gasteiger partial charge in [0.2, 0.25) is 5.60 Å². The Morgan fingerprint density at radius 2 is 1.43 bits per heavy atom. The van der Waals surface area contributed by atoms with Crippen molar-refractivity contribution >= 4 is 7.82 Å². The topological polar surface area (TPSA) is 162 Å². The lowest BCUT2D eigenvalue weighted by Gasteiger charge is -2.25. The van der Waals surface area contributed by atoms with E-state index >= 15 is 0 Å². The number of aliphatic hydroxyl groups excluding tert-OH is 2. The Hall–Kier alpha value is -2.01. The molecule has 46 heavy (non-hydrogen) atoms. The maximum atomic E-state index is 12.6. The molecule has 1 fully saturated rings. The van der Waals surface area contributed by atoms with Crippen molar-refractivity contribution in [3.05, 3.63) is 29.8 Å². The highest BCUT2D eigenvalue weighted by Gasteiger charge is 2.51. The van der Waals surface area contributed by atoms with E-state index in [2.05, 4.69) is 13.0 Å². The average Bonchev–Trinajstić information content (AvgIpc) is 3.35. The molecule has 0 spiro atoms. The molecule has 10 nitrogen and oxygen atoms in total. The van der Waals surface area contributed by atoms with Gasteiger partial charge in [0, 0.05) is 0 Å². The molecule has 260 valence electrons. The van der Waals surface area contributed by atoms with Crippen LogP contribution in [-0.2, 0) is 18.3 Å². The van der Waals surface area contributed by atoms with Crippen molar-refractivity contribution < 1.29 is 38.2 Å². The molecule has 0 aromatic heterocycles. The summed E-state index contributed by atoms with van der Waals surface area (Å²) in [5, 5.41) is 38.4. The van der Waals surface area contributed by atoms with E-state index in [1.807, 2.05) is 0 Å². The molecule has 5 atom stereocenters. The van der Waals surface area contributed by atoms with Crippen LogP contribution in [0.2, 0.25) is 0 Å². The lowest BCUT2D eigenvalue weighted by molar-refractivity contribution is -0.0567. The summed E-state index contributed by atoms with van der Waals surface area (Å²) in [4.78, 5) is 10.3. The van der Waals surface area contributed by atoms with Gasteiger partial charge in [0.15, 0.2) is 0 Å². The summed E-state index contributed by atoms with van der Waals surface area (Å²) < 4.78 is 34.0. The van der Waals surface area contributed by atoms with E-state index in [1.54, 1.807) is 30.3 Å². The Bertz CT molecular complexity index is 1090. The minimum atomic E-state index is -4.66. The van der Waals surface area contributed by atoms with Gasteiger partial charge in [-0.25, -0.2) is 4.57 Å². The van der Waals surface area contributed by atoms with E-state index in [-0.39, 0.29) is 13.2 Å². The van der Waals surface area contributed by atoms with Gasteiger partial charge in [0.1, 0.15) is 36.7 Å². The van der Waals surface area contributed by atoms with Gasteiger partial charge in [0.05, 0.1) is 24.8 Å². The molecule has 11 heteroatoms. The number of unbranched alkanes of at least 4 members (excludes halogenated alkanes) is 17. The normalized spacial score (nSPS) is 21.3. The molecule has 4 unspecified atom stereocenters. The molecule has 2 rings (SSSR count). The van der Waals surface area contributed by atoms with Crippen LogP contribution in [-0.4, -0.2) is 58.8 Å².